The van der Waals surface area contributed by atoms with Crippen LogP contribution < -0.4 is 16.9 Å². The van der Waals surface area contributed by atoms with Crippen molar-refractivity contribution in [3.05, 3.63) is 22.2 Å². The van der Waals surface area contributed by atoms with Crippen molar-refractivity contribution in [1.29, 1.82) is 0 Å². The maximum Gasteiger partial charge on any atom is 0.486 e. The molecule has 8 N–H and O–H groups in total. The van der Waals surface area contributed by atoms with Crippen LogP contribution in [0.3, 0.4) is 0 Å². The minimum absolute atomic E-state index is 0.553. The first-order valence-corrected chi connectivity index (χ1v) is 7.67. The van der Waals surface area contributed by atoms with Gasteiger partial charge in [-0.05, 0) is 0 Å². The van der Waals surface area contributed by atoms with Crippen LogP contribution in [0.15, 0.2) is 11.0 Å². The second kappa shape index (κ2) is 6.54. The number of aliphatic hydroxyl groups excluding tert-OH is 2. The Balaban J connectivity index is 2.30. The number of phosphoric acid groups is 1. The zero-order valence-corrected chi connectivity index (χ0v) is 12.5. The molecule has 0 aromatic carbocycles. The maximum absolute atomic E-state index is 11.8. The second-order valence-corrected chi connectivity index (χ2v) is 5.83. The van der Waals surface area contributed by atoms with Crippen LogP contribution in [0.25, 0.3) is 0 Å². The lowest BCUT2D eigenvalue weighted by Crippen LogP contribution is -2.40. The first-order chi connectivity index (χ1) is 11.0. The number of nitrogens with two attached hydrogens (primary N) is 1. The molecule has 0 unspecified atom stereocenters. The third kappa shape index (κ3) is 3.77. The average Bonchev–Trinajstić information content (AvgIpc) is 2.72. The number of aromatic carboxylic acids is 1. The van der Waals surface area contributed by atoms with Gasteiger partial charge in [0.15, 0.2) is 12.5 Å². The van der Waals surface area contributed by atoms with Crippen molar-refractivity contribution in [3.63, 3.8) is 0 Å². The van der Waals surface area contributed by atoms with Gasteiger partial charge in [0, 0.05) is 6.20 Å². The van der Waals surface area contributed by atoms with Crippen LogP contribution in [0.2, 0.25) is 0 Å². The first-order valence-electron chi connectivity index (χ1n) is 6.14. The van der Waals surface area contributed by atoms with Crippen LogP contribution >= 0.6 is 7.82 Å². The highest BCUT2D eigenvalue weighted by Crippen LogP contribution is 2.36. The van der Waals surface area contributed by atoms with Gasteiger partial charge in [-0.3, -0.25) is 4.57 Å². The fourth-order valence-electron chi connectivity index (χ4n) is 1.94. The van der Waals surface area contributed by atoms with Crippen molar-refractivity contribution in [3.8, 4) is 0 Å². The Hall–Kier alpha value is -1.90. The number of ether oxygens (including phenoxy) is 1. The highest BCUT2D eigenvalue weighted by atomic mass is 31.2. The van der Waals surface area contributed by atoms with E-state index in [1.54, 1.807) is 5.48 Å². The Labute approximate surface area is 132 Å². The Morgan fingerprint density at radius 3 is 2.58 bits per heavy atom. The van der Waals surface area contributed by atoms with Gasteiger partial charge in [0.05, 0.1) is 0 Å². The van der Waals surface area contributed by atoms with Crippen LogP contribution in [-0.4, -0.2) is 59.1 Å². The van der Waals surface area contributed by atoms with Crippen LogP contribution in [0.5, 0.6) is 0 Å². The topological polar surface area (TPSA) is 227 Å². The molecule has 1 fully saturated rings. The average molecular weight is 368 g/mol. The van der Waals surface area contributed by atoms with E-state index in [1.165, 1.54) is 0 Å². The minimum Gasteiger partial charge on any atom is -0.478 e. The number of hydrogen-bond donors (Lipinski definition) is 7. The molecule has 14 nitrogen and oxygen atoms in total. The van der Waals surface area contributed by atoms with Crippen LogP contribution in [0.4, 0.5) is 5.82 Å². The predicted octanol–water partition coefficient (Wildman–Crippen LogP) is -3.29. The van der Waals surface area contributed by atoms with Gasteiger partial charge in [-0.1, -0.05) is 0 Å². The van der Waals surface area contributed by atoms with Crippen LogP contribution in [-0.2, 0) is 13.9 Å². The van der Waals surface area contributed by atoms with Gasteiger partial charge in [-0.25, -0.2) is 14.2 Å². The van der Waals surface area contributed by atoms with E-state index in [9.17, 15) is 24.4 Å². The molecule has 0 saturated carbocycles. The Bertz CT molecular complexity index is 746. The highest BCUT2D eigenvalue weighted by molar-refractivity contribution is 7.46. The number of carboxylic acid groups (broad SMARTS) is 1. The molecule has 2 heterocycles. The number of aliphatic hydroxyl groups is 2. The van der Waals surface area contributed by atoms with E-state index in [-0.39, 0.29) is 0 Å². The molecule has 134 valence electrons. The molecule has 0 bridgehead atoms. The number of anilines is 1. The molecule has 1 aromatic rings. The standard InChI is InChI=1S/C9H13N4O10P/c10-5-2(8(16)17)1-13(9(18)11-5)7-4(15)3(14)6(22-7)12-23-24(19,20)21/h1,3-4,6-7,12,14-15H,(H,16,17)(H2,10,11,18)(H2,19,20,21)/t3-,4+,6-,7+/m0/s1. The van der Waals surface area contributed by atoms with Crippen molar-refractivity contribution in [2.75, 3.05) is 5.73 Å². The molecular weight excluding hydrogens is 355 g/mol. The quantitative estimate of drug-likeness (QED) is 0.200. The third-order valence-electron chi connectivity index (χ3n) is 3.01. The number of carbonyl (C=O) groups is 1. The third-order valence-corrected chi connectivity index (χ3v) is 3.35. The first kappa shape index (κ1) is 18.4. The van der Waals surface area contributed by atoms with E-state index in [0.29, 0.717) is 4.57 Å². The Morgan fingerprint density at radius 1 is 1.42 bits per heavy atom. The molecule has 4 atom stereocenters. The van der Waals surface area contributed by atoms with Gasteiger partial charge < -0.3 is 35.6 Å². The van der Waals surface area contributed by atoms with Gasteiger partial charge in [-0.15, -0.1) is 0 Å². The van der Waals surface area contributed by atoms with Gasteiger partial charge in [0.2, 0.25) is 0 Å². The molecule has 1 aliphatic heterocycles. The van der Waals surface area contributed by atoms with Crippen molar-refractivity contribution >= 4 is 19.6 Å². The summed E-state index contributed by atoms with van der Waals surface area (Å²) in [4.78, 5) is 43.2. The summed E-state index contributed by atoms with van der Waals surface area (Å²) in [5.74, 6) is -2.06. The zero-order valence-electron chi connectivity index (χ0n) is 11.6. The summed E-state index contributed by atoms with van der Waals surface area (Å²) in [5.41, 5.74) is 5.36. The number of hydroxylamine groups is 1. The van der Waals surface area contributed by atoms with E-state index in [0.717, 1.165) is 6.20 Å². The maximum atomic E-state index is 11.8. The molecule has 1 aromatic heterocycles. The smallest absolute Gasteiger partial charge is 0.478 e. The van der Waals surface area contributed by atoms with Crippen molar-refractivity contribution in [2.24, 2.45) is 0 Å². The summed E-state index contributed by atoms with van der Waals surface area (Å²) < 4.78 is 20.1. The molecule has 0 amide bonds. The van der Waals surface area contributed by atoms with E-state index in [2.05, 4.69) is 9.61 Å². The summed E-state index contributed by atoms with van der Waals surface area (Å²) in [7, 11) is -4.95. The Kier molecular flexibility index (Phi) is 5.03. The molecule has 15 heteroatoms. The van der Waals surface area contributed by atoms with Crippen LogP contribution in [0.1, 0.15) is 16.6 Å². The lowest BCUT2D eigenvalue weighted by atomic mass is 10.2. The molecular formula is C9H13N4O10P. The predicted molar refractivity (Wildman–Crippen MR) is 72.1 cm³/mol. The number of carboxylic acids is 1. The number of aromatic nitrogens is 2. The molecule has 1 aliphatic rings. The number of hydrogen-bond acceptors (Lipinski definition) is 10. The summed E-state index contributed by atoms with van der Waals surface area (Å²) in [5, 5.41) is 28.6. The summed E-state index contributed by atoms with van der Waals surface area (Å²) in [6.07, 6.45) is -6.03. The molecule has 1 saturated heterocycles. The summed E-state index contributed by atoms with van der Waals surface area (Å²) in [6.45, 7) is 0. The Morgan fingerprint density at radius 2 is 2.04 bits per heavy atom. The van der Waals surface area contributed by atoms with Gasteiger partial charge >= 0.3 is 19.5 Å². The van der Waals surface area contributed by atoms with Gasteiger partial charge in [-0.2, -0.15) is 15.1 Å². The van der Waals surface area contributed by atoms with E-state index < -0.39 is 55.5 Å². The van der Waals surface area contributed by atoms with Crippen LogP contribution in [0, 0.1) is 0 Å². The normalized spacial score (nSPS) is 27.3. The van der Waals surface area contributed by atoms with Crippen molar-refractivity contribution in [2.45, 2.75) is 24.7 Å². The largest absolute Gasteiger partial charge is 0.486 e. The summed E-state index contributed by atoms with van der Waals surface area (Å²) in [6, 6.07) is 0. The van der Waals surface area contributed by atoms with Crippen molar-refractivity contribution in [1.82, 2.24) is 15.0 Å². The second-order valence-electron chi connectivity index (χ2n) is 4.66. The molecule has 24 heavy (non-hydrogen) atoms. The van der Waals surface area contributed by atoms with Crippen molar-refractivity contribution < 1.29 is 43.8 Å². The highest BCUT2D eigenvalue weighted by Gasteiger charge is 2.45. The van der Waals surface area contributed by atoms with E-state index in [1.807, 2.05) is 0 Å². The zero-order chi connectivity index (χ0) is 18.2. The van der Waals surface area contributed by atoms with E-state index in [4.69, 9.17) is 25.4 Å². The number of nitrogens with one attached hydrogen (secondary N) is 1. The van der Waals surface area contributed by atoms with E-state index >= 15 is 0 Å². The fraction of sp³-hybridized carbons (Fsp3) is 0.444. The SMILES string of the molecule is Nc1nc(=O)n([C@@H]2O[C@H](NOP(=O)(O)O)[C@@H](O)[C@H]2O)cc1C(=O)O. The lowest BCUT2D eigenvalue weighted by Gasteiger charge is -2.17. The number of nitrogens with zero attached hydrogens (tertiary/aromatic N) is 2. The lowest BCUT2D eigenvalue weighted by molar-refractivity contribution is -0.0943. The number of nitrogen functional groups attached to an aromatic ring is 1. The fourth-order valence-corrected chi connectivity index (χ4v) is 2.18. The summed E-state index contributed by atoms with van der Waals surface area (Å²) >= 11 is 0. The molecule has 0 spiro atoms. The molecule has 2 rings (SSSR count). The van der Waals surface area contributed by atoms with Gasteiger partial charge in [0.25, 0.3) is 0 Å². The molecule has 0 aliphatic carbocycles. The van der Waals surface area contributed by atoms with Gasteiger partial charge in [0.1, 0.15) is 23.6 Å². The monoisotopic (exact) mass is 368 g/mol. The molecule has 0 radical (unpaired) electrons. The minimum atomic E-state index is -4.95. The number of rotatable bonds is 5.